The van der Waals surface area contributed by atoms with Crippen LogP contribution >= 0.6 is 11.3 Å². The zero-order valence-corrected chi connectivity index (χ0v) is 16.7. The van der Waals surface area contributed by atoms with Crippen molar-refractivity contribution in [3.05, 3.63) is 56.7 Å². The van der Waals surface area contributed by atoms with Crippen LogP contribution in [0.5, 0.6) is 0 Å². The van der Waals surface area contributed by atoms with Crippen LogP contribution in [0.3, 0.4) is 0 Å². The van der Waals surface area contributed by atoms with Gasteiger partial charge in [0.2, 0.25) is 0 Å². The normalized spacial score (nSPS) is 16.7. The molecule has 2 heterocycles. The number of carbonyl (C=O) groups is 1. The molecule has 0 N–H and O–H groups in total. The summed E-state index contributed by atoms with van der Waals surface area (Å²) in [5, 5.41) is 10.0. The quantitative estimate of drug-likeness (QED) is 0.710. The van der Waals surface area contributed by atoms with E-state index in [4.69, 9.17) is 4.74 Å². The van der Waals surface area contributed by atoms with E-state index in [-0.39, 0.29) is 11.9 Å². The fraction of sp³-hybridized carbons (Fsp3) is 0.333. The summed E-state index contributed by atoms with van der Waals surface area (Å²) in [6, 6.07) is 9.86. The van der Waals surface area contributed by atoms with Gasteiger partial charge in [-0.15, -0.1) is 11.3 Å². The Hall–Kier alpha value is -2.78. The lowest BCUT2D eigenvalue weighted by atomic mass is 9.83. The van der Waals surface area contributed by atoms with Crippen molar-refractivity contribution in [1.82, 2.24) is 4.98 Å². The minimum absolute atomic E-state index is 0.0522. The highest BCUT2D eigenvalue weighted by Crippen LogP contribution is 2.42. The molecule has 0 aliphatic carbocycles. The van der Waals surface area contributed by atoms with Crippen molar-refractivity contribution in [2.75, 3.05) is 6.61 Å². The molecule has 5 nitrogen and oxygen atoms in total. The number of esters is 1. The number of allylic oxidation sites excluding steroid dienone is 2. The van der Waals surface area contributed by atoms with Crippen molar-refractivity contribution in [3.8, 4) is 6.07 Å². The van der Waals surface area contributed by atoms with Gasteiger partial charge in [0.05, 0.1) is 23.9 Å². The summed E-state index contributed by atoms with van der Waals surface area (Å²) in [6.07, 6.45) is 0.759. The van der Waals surface area contributed by atoms with Crippen LogP contribution in [0.15, 0.2) is 35.0 Å². The second kappa shape index (κ2) is 7.85. The summed E-state index contributed by atoms with van der Waals surface area (Å²) >= 11 is 1.35. The molecule has 0 bridgehead atoms. The Morgan fingerprint density at radius 1 is 1.37 bits per heavy atom. The van der Waals surface area contributed by atoms with E-state index in [0.29, 0.717) is 22.7 Å². The molecular formula is C21H21N3O2S. The Morgan fingerprint density at radius 3 is 2.85 bits per heavy atom. The monoisotopic (exact) mass is 379 g/mol. The summed E-state index contributed by atoms with van der Waals surface area (Å²) in [4.78, 5) is 22.0. The maximum Gasteiger partial charge on any atom is 0.350 e. The summed E-state index contributed by atoms with van der Waals surface area (Å²) < 4.78 is 5.15. The molecule has 6 heteroatoms. The molecule has 0 spiro atoms. The SMILES string of the molecule is CCOC(=O)c1sc(C2=C(C)N=C(C)CC2c2cccc(C#N)c2)nc1C. The molecule has 1 unspecified atom stereocenters. The van der Waals surface area contributed by atoms with E-state index in [1.165, 1.54) is 11.3 Å². The van der Waals surface area contributed by atoms with Gasteiger partial charge in [0.25, 0.3) is 0 Å². The van der Waals surface area contributed by atoms with E-state index in [2.05, 4.69) is 16.0 Å². The van der Waals surface area contributed by atoms with Crippen LogP contribution in [0.25, 0.3) is 5.57 Å². The predicted octanol–water partition coefficient (Wildman–Crippen LogP) is 4.88. The number of hydrogen-bond acceptors (Lipinski definition) is 6. The summed E-state index contributed by atoms with van der Waals surface area (Å²) in [6.45, 7) is 7.93. The Balaban J connectivity index is 2.10. The molecule has 1 aliphatic heterocycles. The minimum Gasteiger partial charge on any atom is -0.462 e. The van der Waals surface area contributed by atoms with Crippen LogP contribution in [0, 0.1) is 18.3 Å². The molecule has 1 aromatic carbocycles. The third-order valence-corrected chi connectivity index (χ3v) is 5.67. The van der Waals surface area contributed by atoms with Gasteiger partial charge in [0.15, 0.2) is 0 Å². The summed E-state index contributed by atoms with van der Waals surface area (Å²) in [7, 11) is 0. The van der Waals surface area contributed by atoms with Crippen LogP contribution < -0.4 is 0 Å². The largest absolute Gasteiger partial charge is 0.462 e. The number of rotatable bonds is 4. The lowest BCUT2D eigenvalue weighted by molar-refractivity contribution is 0.0531. The average Bonchev–Trinajstić information content (AvgIpc) is 3.02. The number of carbonyl (C=O) groups excluding carboxylic acids is 1. The van der Waals surface area contributed by atoms with Gasteiger partial charge in [-0.3, -0.25) is 4.99 Å². The molecule has 0 radical (unpaired) electrons. The Bertz CT molecular complexity index is 995. The number of ether oxygens (including phenoxy) is 1. The second-order valence-electron chi connectivity index (χ2n) is 6.49. The van der Waals surface area contributed by atoms with E-state index >= 15 is 0 Å². The summed E-state index contributed by atoms with van der Waals surface area (Å²) in [5.74, 6) is -0.285. The van der Waals surface area contributed by atoms with Crippen molar-refractivity contribution in [1.29, 1.82) is 5.26 Å². The third kappa shape index (κ3) is 3.83. The maximum atomic E-state index is 12.2. The van der Waals surface area contributed by atoms with Crippen molar-refractivity contribution in [2.45, 2.75) is 40.0 Å². The summed E-state index contributed by atoms with van der Waals surface area (Å²) in [5.41, 5.74) is 5.32. The number of aryl methyl sites for hydroxylation is 1. The molecule has 0 amide bonds. The first-order valence-corrected chi connectivity index (χ1v) is 9.66. The lowest BCUT2D eigenvalue weighted by Crippen LogP contribution is -2.13. The molecule has 27 heavy (non-hydrogen) atoms. The van der Waals surface area contributed by atoms with E-state index in [1.807, 2.05) is 39.0 Å². The van der Waals surface area contributed by atoms with Gasteiger partial charge >= 0.3 is 5.97 Å². The standard InChI is InChI=1S/C21H21N3O2S/c1-5-26-21(25)19-14(4)24-20(27-19)18-13(3)23-12(2)9-17(18)16-8-6-7-15(10-16)11-22/h6-8,10,17H,5,9H2,1-4H3. The minimum atomic E-state index is -0.337. The van der Waals surface area contributed by atoms with E-state index in [0.717, 1.165) is 34.0 Å². The number of aliphatic imine (C=N–C) groups is 1. The van der Waals surface area contributed by atoms with Gasteiger partial charge in [0.1, 0.15) is 9.88 Å². The van der Waals surface area contributed by atoms with Crippen molar-refractivity contribution in [2.24, 2.45) is 4.99 Å². The molecular weight excluding hydrogens is 358 g/mol. The van der Waals surface area contributed by atoms with Crippen molar-refractivity contribution >= 4 is 28.6 Å². The van der Waals surface area contributed by atoms with Gasteiger partial charge in [-0.2, -0.15) is 5.26 Å². The number of nitrogens with zero attached hydrogens (tertiary/aromatic N) is 3. The lowest BCUT2D eigenvalue weighted by Gasteiger charge is -2.25. The molecule has 0 saturated heterocycles. The van der Waals surface area contributed by atoms with Gasteiger partial charge in [-0.1, -0.05) is 12.1 Å². The fourth-order valence-electron chi connectivity index (χ4n) is 3.35. The highest BCUT2D eigenvalue weighted by Gasteiger charge is 2.29. The van der Waals surface area contributed by atoms with Gasteiger partial charge in [-0.25, -0.2) is 9.78 Å². The molecule has 138 valence electrons. The highest BCUT2D eigenvalue weighted by molar-refractivity contribution is 7.14. The number of hydrogen-bond donors (Lipinski definition) is 0. The van der Waals surface area contributed by atoms with Gasteiger partial charge in [0, 0.05) is 22.9 Å². The molecule has 1 atom stereocenters. The van der Waals surface area contributed by atoms with Crippen molar-refractivity contribution < 1.29 is 9.53 Å². The van der Waals surface area contributed by atoms with E-state index < -0.39 is 0 Å². The smallest absolute Gasteiger partial charge is 0.350 e. The van der Waals surface area contributed by atoms with Crippen LogP contribution in [0.1, 0.15) is 64.6 Å². The number of aromatic nitrogens is 1. The molecule has 2 aromatic rings. The topological polar surface area (TPSA) is 75.3 Å². The van der Waals surface area contributed by atoms with Crippen LogP contribution in [0.4, 0.5) is 0 Å². The van der Waals surface area contributed by atoms with E-state index in [9.17, 15) is 10.1 Å². The van der Waals surface area contributed by atoms with Crippen molar-refractivity contribution in [3.63, 3.8) is 0 Å². The third-order valence-electron chi connectivity index (χ3n) is 4.50. The van der Waals surface area contributed by atoms with Gasteiger partial charge < -0.3 is 4.74 Å². The average molecular weight is 379 g/mol. The molecule has 3 rings (SSSR count). The zero-order chi connectivity index (χ0) is 19.6. The molecule has 0 fully saturated rings. The van der Waals surface area contributed by atoms with Crippen LogP contribution in [-0.4, -0.2) is 23.3 Å². The first-order valence-electron chi connectivity index (χ1n) is 8.84. The fourth-order valence-corrected chi connectivity index (χ4v) is 4.46. The van der Waals surface area contributed by atoms with E-state index in [1.54, 1.807) is 13.0 Å². The predicted molar refractivity (Wildman–Crippen MR) is 107 cm³/mol. The van der Waals surface area contributed by atoms with Gasteiger partial charge in [-0.05, 0) is 51.8 Å². The first-order chi connectivity index (χ1) is 12.9. The van der Waals surface area contributed by atoms with Crippen LogP contribution in [0.2, 0.25) is 0 Å². The molecule has 1 aromatic heterocycles. The Kier molecular flexibility index (Phi) is 5.52. The Morgan fingerprint density at radius 2 is 2.15 bits per heavy atom. The second-order valence-corrected chi connectivity index (χ2v) is 7.49. The highest BCUT2D eigenvalue weighted by atomic mass is 32.1. The zero-order valence-electron chi connectivity index (χ0n) is 15.9. The maximum absolute atomic E-state index is 12.2. The number of nitriles is 1. The number of benzene rings is 1. The molecule has 0 saturated carbocycles. The van der Waals surface area contributed by atoms with Crippen LogP contribution in [-0.2, 0) is 4.74 Å². The number of thiazole rings is 1. The Labute approximate surface area is 163 Å². The molecule has 1 aliphatic rings. The first kappa shape index (κ1) is 19.0.